The number of dihydropyridines is 1. The first-order valence-electron chi connectivity index (χ1n) is 9.97. The van der Waals surface area contributed by atoms with E-state index in [1.54, 1.807) is 0 Å². The third kappa shape index (κ3) is 4.09. The van der Waals surface area contributed by atoms with Gasteiger partial charge in [0, 0.05) is 31.6 Å². The van der Waals surface area contributed by atoms with Crippen molar-refractivity contribution in [3.05, 3.63) is 66.6 Å². The number of nitrogens with zero attached hydrogens (tertiary/aromatic N) is 3. The Hall–Kier alpha value is -3.34. The summed E-state index contributed by atoms with van der Waals surface area (Å²) in [6.45, 7) is 3.57. The Morgan fingerprint density at radius 3 is 2.69 bits per heavy atom. The Morgan fingerprint density at radius 2 is 1.93 bits per heavy atom. The standard InChI is InChI=1S/C24H26N4O/c1-4-13-29-20-9-5-7-17(14-20)18-10-11-22-21(15-18)24(28(2)3)27-23(26-22)19-8-6-12-25-16-19/h5-12,14-15,25H,4,13,16H2,1-3H3. The summed E-state index contributed by atoms with van der Waals surface area (Å²) in [5.74, 6) is 2.58. The Balaban J connectivity index is 1.78. The maximum Gasteiger partial charge on any atom is 0.159 e. The molecule has 0 bridgehead atoms. The molecule has 0 saturated heterocycles. The van der Waals surface area contributed by atoms with Crippen LogP contribution in [0.15, 0.2) is 60.8 Å². The highest BCUT2D eigenvalue weighted by Gasteiger charge is 2.14. The molecule has 5 nitrogen and oxygen atoms in total. The van der Waals surface area contributed by atoms with E-state index >= 15 is 0 Å². The second kappa shape index (κ2) is 8.35. The van der Waals surface area contributed by atoms with Crippen LogP contribution in [0.4, 0.5) is 5.82 Å². The topological polar surface area (TPSA) is 50.3 Å². The molecule has 1 aliphatic heterocycles. The molecule has 3 aromatic rings. The third-order valence-corrected chi connectivity index (χ3v) is 4.83. The molecule has 2 heterocycles. The first-order chi connectivity index (χ1) is 14.2. The average molecular weight is 386 g/mol. The predicted molar refractivity (Wildman–Crippen MR) is 120 cm³/mol. The van der Waals surface area contributed by atoms with Crippen LogP contribution in [-0.4, -0.2) is 37.2 Å². The first kappa shape index (κ1) is 19.0. The van der Waals surface area contributed by atoms with E-state index in [0.29, 0.717) is 0 Å². The Morgan fingerprint density at radius 1 is 1.07 bits per heavy atom. The van der Waals surface area contributed by atoms with Crippen molar-refractivity contribution in [2.75, 3.05) is 32.1 Å². The van der Waals surface area contributed by atoms with Gasteiger partial charge in [0.2, 0.25) is 0 Å². The Labute approximate surface area is 171 Å². The van der Waals surface area contributed by atoms with Crippen LogP contribution < -0.4 is 15.0 Å². The van der Waals surface area contributed by atoms with Crippen molar-refractivity contribution in [2.24, 2.45) is 0 Å². The van der Waals surface area contributed by atoms with Crippen molar-refractivity contribution in [1.82, 2.24) is 15.3 Å². The van der Waals surface area contributed by atoms with Crippen molar-refractivity contribution >= 4 is 22.3 Å². The van der Waals surface area contributed by atoms with Gasteiger partial charge in [-0.1, -0.05) is 31.2 Å². The van der Waals surface area contributed by atoms with Crippen LogP contribution >= 0.6 is 0 Å². The van der Waals surface area contributed by atoms with Gasteiger partial charge in [-0.15, -0.1) is 0 Å². The summed E-state index contributed by atoms with van der Waals surface area (Å²) in [5.41, 5.74) is 4.28. The maximum absolute atomic E-state index is 5.80. The van der Waals surface area contributed by atoms with Gasteiger partial charge in [-0.25, -0.2) is 9.97 Å². The molecular weight excluding hydrogens is 360 g/mol. The molecule has 148 valence electrons. The SMILES string of the molecule is CCCOc1cccc(-c2ccc3nc(C4=CC=CNC4)nc(N(C)C)c3c2)c1. The molecule has 0 aliphatic carbocycles. The number of hydrogen-bond donors (Lipinski definition) is 1. The lowest BCUT2D eigenvalue weighted by Crippen LogP contribution is -2.16. The third-order valence-electron chi connectivity index (χ3n) is 4.83. The van der Waals surface area contributed by atoms with Gasteiger partial charge in [-0.3, -0.25) is 0 Å². The van der Waals surface area contributed by atoms with Gasteiger partial charge in [-0.2, -0.15) is 0 Å². The van der Waals surface area contributed by atoms with Gasteiger partial charge in [-0.05, 0) is 54.1 Å². The summed E-state index contributed by atoms with van der Waals surface area (Å²) in [6, 6.07) is 14.6. The summed E-state index contributed by atoms with van der Waals surface area (Å²) >= 11 is 0. The fourth-order valence-corrected chi connectivity index (χ4v) is 3.38. The smallest absolute Gasteiger partial charge is 0.159 e. The van der Waals surface area contributed by atoms with Crippen molar-refractivity contribution in [1.29, 1.82) is 0 Å². The highest BCUT2D eigenvalue weighted by Crippen LogP contribution is 2.31. The van der Waals surface area contributed by atoms with Crippen LogP contribution in [0.1, 0.15) is 19.2 Å². The molecule has 29 heavy (non-hydrogen) atoms. The van der Waals surface area contributed by atoms with Crippen LogP contribution in [0.25, 0.3) is 27.6 Å². The summed E-state index contributed by atoms with van der Waals surface area (Å²) in [4.78, 5) is 11.7. The van der Waals surface area contributed by atoms with Crippen LogP contribution in [0, 0.1) is 0 Å². The van der Waals surface area contributed by atoms with Crippen molar-refractivity contribution < 1.29 is 4.74 Å². The second-order valence-corrected chi connectivity index (χ2v) is 7.31. The molecule has 2 aromatic carbocycles. The maximum atomic E-state index is 5.80. The molecule has 1 N–H and O–H groups in total. The molecule has 0 unspecified atom stereocenters. The van der Waals surface area contributed by atoms with Gasteiger partial charge < -0.3 is 15.0 Å². The number of allylic oxidation sites excluding steroid dienone is 2. The highest BCUT2D eigenvalue weighted by atomic mass is 16.5. The molecular formula is C24H26N4O. The Bertz CT molecular complexity index is 1090. The van der Waals surface area contributed by atoms with E-state index in [1.807, 2.05) is 43.4 Å². The van der Waals surface area contributed by atoms with E-state index in [4.69, 9.17) is 14.7 Å². The lowest BCUT2D eigenvalue weighted by Gasteiger charge is -2.18. The number of rotatable bonds is 6. The lowest BCUT2D eigenvalue weighted by molar-refractivity contribution is 0.317. The van der Waals surface area contributed by atoms with E-state index in [0.717, 1.165) is 64.6 Å². The minimum absolute atomic E-state index is 0.725. The Kier molecular flexibility index (Phi) is 5.47. The number of benzene rings is 2. The number of hydrogen-bond acceptors (Lipinski definition) is 5. The zero-order valence-corrected chi connectivity index (χ0v) is 17.1. The predicted octanol–water partition coefficient (Wildman–Crippen LogP) is 4.65. The fraction of sp³-hybridized carbons (Fsp3) is 0.250. The van der Waals surface area contributed by atoms with E-state index in [2.05, 4.69) is 48.6 Å². The van der Waals surface area contributed by atoms with E-state index < -0.39 is 0 Å². The van der Waals surface area contributed by atoms with Gasteiger partial charge in [0.05, 0.1) is 12.1 Å². The minimum atomic E-state index is 0.725. The number of ether oxygens (including phenoxy) is 1. The first-order valence-corrected chi connectivity index (χ1v) is 9.97. The summed E-state index contributed by atoms with van der Waals surface area (Å²) in [5, 5.41) is 4.26. The minimum Gasteiger partial charge on any atom is -0.494 e. The molecule has 5 heteroatoms. The van der Waals surface area contributed by atoms with Crippen LogP contribution in [0.3, 0.4) is 0 Å². The molecule has 0 amide bonds. The number of anilines is 1. The van der Waals surface area contributed by atoms with E-state index in [9.17, 15) is 0 Å². The highest BCUT2D eigenvalue weighted by molar-refractivity contribution is 5.94. The zero-order valence-electron chi connectivity index (χ0n) is 17.1. The molecule has 4 rings (SSSR count). The number of fused-ring (bicyclic) bond motifs is 1. The van der Waals surface area contributed by atoms with Gasteiger partial charge >= 0.3 is 0 Å². The van der Waals surface area contributed by atoms with Crippen LogP contribution in [0.2, 0.25) is 0 Å². The quantitative estimate of drug-likeness (QED) is 0.668. The number of nitrogens with one attached hydrogen (secondary N) is 1. The lowest BCUT2D eigenvalue weighted by atomic mass is 10.0. The van der Waals surface area contributed by atoms with E-state index in [-0.39, 0.29) is 0 Å². The normalized spacial score (nSPS) is 13.1. The van der Waals surface area contributed by atoms with Crippen molar-refractivity contribution in [3.8, 4) is 16.9 Å². The van der Waals surface area contributed by atoms with Crippen molar-refractivity contribution in [3.63, 3.8) is 0 Å². The molecule has 1 aliphatic rings. The van der Waals surface area contributed by atoms with Gasteiger partial charge in [0.1, 0.15) is 11.6 Å². The summed E-state index contributed by atoms with van der Waals surface area (Å²) in [7, 11) is 4.04. The molecule has 0 spiro atoms. The summed E-state index contributed by atoms with van der Waals surface area (Å²) < 4.78 is 5.80. The molecule has 0 saturated carbocycles. The molecule has 0 fully saturated rings. The monoisotopic (exact) mass is 386 g/mol. The number of aromatic nitrogens is 2. The molecule has 1 aromatic heterocycles. The zero-order chi connectivity index (χ0) is 20.2. The molecule has 0 radical (unpaired) electrons. The van der Waals surface area contributed by atoms with Gasteiger partial charge in [0.25, 0.3) is 0 Å². The largest absolute Gasteiger partial charge is 0.494 e. The van der Waals surface area contributed by atoms with Gasteiger partial charge in [0.15, 0.2) is 5.82 Å². The molecule has 0 atom stereocenters. The fourth-order valence-electron chi connectivity index (χ4n) is 3.38. The van der Waals surface area contributed by atoms with Crippen LogP contribution in [-0.2, 0) is 0 Å². The van der Waals surface area contributed by atoms with Crippen LogP contribution in [0.5, 0.6) is 5.75 Å². The van der Waals surface area contributed by atoms with Crippen molar-refractivity contribution in [2.45, 2.75) is 13.3 Å². The second-order valence-electron chi connectivity index (χ2n) is 7.31. The summed E-state index contributed by atoms with van der Waals surface area (Å²) in [6.07, 6.45) is 6.97. The average Bonchev–Trinajstić information content (AvgIpc) is 2.77. The van der Waals surface area contributed by atoms with E-state index in [1.165, 1.54) is 0 Å².